The standard InChI is InChI=1S/C21H31N3O4/c1-15-8-6-9-17(14-15)19(26)24-11-7-10-23(12-13-24)18(25)16(2)22-20(27)28-21(3,4)5/h6,8-9,14,16H,7,10-13H2,1-5H3,(H,22,27). The molecule has 0 saturated carbocycles. The lowest BCUT2D eigenvalue weighted by Crippen LogP contribution is -2.49. The van der Waals surface area contributed by atoms with Crippen molar-refractivity contribution in [2.75, 3.05) is 26.2 Å². The molecule has 0 radical (unpaired) electrons. The lowest BCUT2D eigenvalue weighted by Gasteiger charge is -2.26. The molecule has 1 unspecified atom stereocenters. The molecule has 1 aliphatic heterocycles. The van der Waals surface area contributed by atoms with Gasteiger partial charge in [-0.25, -0.2) is 4.79 Å². The first kappa shape index (κ1) is 21.7. The number of alkyl carbamates (subject to hydrolysis) is 1. The number of rotatable bonds is 3. The fraction of sp³-hybridized carbons (Fsp3) is 0.571. The summed E-state index contributed by atoms with van der Waals surface area (Å²) in [6.45, 7) is 11.0. The van der Waals surface area contributed by atoms with Gasteiger partial charge in [0.25, 0.3) is 5.91 Å². The first-order chi connectivity index (χ1) is 13.1. The summed E-state index contributed by atoms with van der Waals surface area (Å²) < 4.78 is 5.20. The van der Waals surface area contributed by atoms with Gasteiger partial charge < -0.3 is 19.9 Å². The van der Waals surface area contributed by atoms with Crippen molar-refractivity contribution < 1.29 is 19.1 Å². The Morgan fingerprint density at radius 3 is 2.36 bits per heavy atom. The summed E-state index contributed by atoms with van der Waals surface area (Å²) in [6.07, 6.45) is 0.0852. The number of aryl methyl sites for hydroxylation is 1. The number of nitrogens with one attached hydrogen (secondary N) is 1. The van der Waals surface area contributed by atoms with Gasteiger partial charge in [0, 0.05) is 31.7 Å². The molecule has 1 saturated heterocycles. The van der Waals surface area contributed by atoms with Crippen LogP contribution in [-0.2, 0) is 9.53 Å². The summed E-state index contributed by atoms with van der Waals surface area (Å²) in [5.41, 5.74) is 1.09. The van der Waals surface area contributed by atoms with Crippen molar-refractivity contribution in [1.82, 2.24) is 15.1 Å². The minimum absolute atomic E-state index is 0.0158. The lowest BCUT2D eigenvalue weighted by molar-refractivity contribution is -0.132. The van der Waals surface area contributed by atoms with Crippen LogP contribution < -0.4 is 5.32 Å². The summed E-state index contributed by atoms with van der Waals surface area (Å²) in [5.74, 6) is -0.186. The van der Waals surface area contributed by atoms with E-state index in [0.29, 0.717) is 38.2 Å². The zero-order valence-electron chi connectivity index (χ0n) is 17.4. The molecule has 1 aromatic carbocycles. The monoisotopic (exact) mass is 389 g/mol. The molecular formula is C21H31N3O4. The van der Waals surface area contributed by atoms with Gasteiger partial charge in [-0.15, -0.1) is 0 Å². The molecular weight excluding hydrogens is 358 g/mol. The van der Waals surface area contributed by atoms with Crippen LogP contribution in [0.5, 0.6) is 0 Å². The second-order valence-corrected chi connectivity index (χ2v) is 8.21. The molecule has 1 aliphatic rings. The third-order valence-corrected chi connectivity index (χ3v) is 4.46. The zero-order chi connectivity index (χ0) is 20.9. The second kappa shape index (κ2) is 9.08. The van der Waals surface area contributed by atoms with Gasteiger partial charge in [-0.3, -0.25) is 9.59 Å². The van der Waals surface area contributed by atoms with Gasteiger partial charge in [-0.2, -0.15) is 0 Å². The van der Waals surface area contributed by atoms with Crippen LogP contribution in [0.4, 0.5) is 4.79 Å². The maximum Gasteiger partial charge on any atom is 0.408 e. The molecule has 1 aromatic rings. The van der Waals surface area contributed by atoms with E-state index in [1.807, 2.05) is 31.2 Å². The van der Waals surface area contributed by atoms with E-state index < -0.39 is 17.7 Å². The van der Waals surface area contributed by atoms with Gasteiger partial charge >= 0.3 is 6.09 Å². The molecule has 1 heterocycles. The van der Waals surface area contributed by atoms with Gasteiger partial charge in [-0.1, -0.05) is 17.7 Å². The van der Waals surface area contributed by atoms with Crippen molar-refractivity contribution in [2.45, 2.75) is 52.7 Å². The fourth-order valence-corrected chi connectivity index (χ4v) is 3.12. The van der Waals surface area contributed by atoms with Gasteiger partial charge in [0.2, 0.25) is 5.91 Å². The highest BCUT2D eigenvalue weighted by Gasteiger charge is 2.27. The first-order valence-corrected chi connectivity index (χ1v) is 9.71. The number of carbonyl (C=O) groups is 3. The SMILES string of the molecule is Cc1cccc(C(=O)N2CCCN(C(=O)C(C)NC(=O)OC(C)(C)C)CC2)c1. The topological polar surface area (TPSA) is 79.0 Å². The summed E-state index contributed by atoms with van der Waals surface area (Å²) in [7, 11) is 0. The Bertz CT molecular complexity index is 727. The average molecular weight is 389 g/mol. The van der Waals surface area contributed by atoms with Gasteiger partial charge in [0.15, 0.2) is 0 Å². The quantitative estimate of drug-likeness (QED) is 0.862. The highest BCUT2D eigenvalue weighted by Crippen LogP contribution is 2.12. The Balaban J connectivity index is 1.92. The van der Waals surface area contributed by atoms with E-state index in [9.17, 15) is 14.4 Å². The van der Waals surface area contributed by atoms with E-state index in [0.717, 1.165) is 5.56 Å². The van der Waals surface area contributed by atoms with E-state index in [2.05, 4.69) is 5.32 Å². The number of amides is 3. The van der Waals surface area contributed by atoms with Crippen LogP contribution in [-0.4, -0.2) is 65.5 Å². The summed E-state index contributed by atoms with van der Waals surface area (Å²) in [5, 5.41) is 2.59. The maximum absolute atomic E-state index is 12.7. The van der Waals surface area contributed by atoms with Crippen molar-refractivity contribution in [1.29, 1.82) is 0 Å². The van der Waals surface area contributed by atoms with Crippen molar-refractivity contribution in [3.05, 3.63) is 35.4 Å². The smallest absolute Gasteiger partial charge is 0.408 e. The molecule has 28 heavy (non-hydrogen) atoms. The van der Waals surface area contributed by atoms with Crippen LogP contribution in [0.1, 0.15) is 50.0 Å². The van der Waals surface area contributed by atoms with Crippen molar-refractivity contribution in [2.24, 2.45) is 0 Å². The lowest BCUT2D eigenvalue weighted by atomic mass is 10.1. The Morgan fingerprint density at radius 1 is 1.07 bits per heavy atom. The largest absolute Gasteiger partial charge is 0.444 e. The van der Waals surface area contributed by atoms with Crippen LogP contribution in [0.15, 0.2) is 24.3 Å². The fourth-order valence-electron chi connectivity index (χ4n) is 3.12. The zero-order valence-corrected chi connectivity index (χ0v) is 17.4. The molecule has 1 atom stereocenters. The van der Waals surface area contributed by atoms with E-state index >= 15 is 0 Å². The molecule has 7 nitrogen and oxygen atoms in total. The van der Waals surface area contributed by atoms with Crippen molar-refractivity contribution in [3.8, 4) is 0 Å². The Hall–Kier alpha value is -2.57. The van der Waals surface area contributed by atoms with Gasteiger partial charge in [0.1, 0.15) is 11.6 Å². The van der Waals surface area contributed by atoms with Crippen LogP contribution in [0.3, 0.4) is 0 Å². The second-order valence-electron chi connectivity index (χ2n) is 8.21. The van der Waals surface area contributed by atoms with E-state index in [1.165, 1.54) is 0 Å². The molecule has 1 N–H and O–H groups in total. The predicted molar refractivity (Wildman–Crippen MR) is 107 cm³/mol. The number of hydrogen-bond donors (Lipinski definition) is 1. The molecule has 0 aromatic heterocycles. The third kappa shape index (κ3) is 6.25. The number of nitrogens with zero attached hydrogens (tertiary/aromatic N) is 2. The minimum atomic E-state index is -0.686. The average Bonchev–Trinajstić information content (AvgIpc) is 2.84. The first-order valence-electron chi connectivity index (χ1n) is 9.71. The summed E-state index contributed by atoms with van der Waals surface area (Å²) in [4.78, 5) is 40.8. The van der Waals surface area contributed by atoms with Crippen molar-refractivity contribution >= 4 is 17.9 Å². The Morgan fingerprint density at radius 2 is 1.71 bits per heavy atom. The van der Waals surface area contributed by atoms with Crippen LogP contribution in [0.2, 0.25) is 0 Å². The van der Waals surface area contributed by atoms with Crippen LogP contribution in [0, 0.1) is 6.92 Å². The highest BCUT2D eigenvalue weighted by atomic mass is 16.6. The summed E-state index contributed by atoms with van der Waals surface area (Å²) >= 11 is 0. The van der Waals surface area contributed by atoms with E-state index in [4.69, 9.17) is 4.74 Å². The van der Waals surface area contributed by atoms with Crippen LogP contribution in [0.25, 0.3) is 0 Å². The minimum Gasteiger partial charge on any atom is -0.444 e. The predicted octanol–water partition coefficient (Wildman–Crippen LogP) is 2.58. The molecule has 7 heteroatoms. The normalized spacial score (nSPS) is 16.2. The maximum atomic E-state index is 12.7. The molecule has 3 amide bonds. The number of benzene rings is 1. The number of hydrogen-bond acceptors (Lipinski definition) is 4. The van der Waals surface area contributed by atoms with Crippen LogP contribution >= 0.6 is 0 Å². The molecule has 2 rings (SSSR count). The Kier molecular flexibility index (Phi) is 7.05. The summed E-state index contributed by atoms with van der Waals surface area (Å²) in [6, 6.07) is 6.84. The highest BCUT2D eigenvalue weighted by molar-refractivity contribution is 5.94. The van der Waals surface area contributed by atoms with E-state index in [1.54, 1.807) is 37.5 Å². The van der Waals surface area contributed by atoms with Crippen molar-refractivity contribution in [3.63, 3.8) is 0 Å². The van der Waals surface area contributed by atoms with Gasteiger partial charge in [-0.05, 0) is 53.2 Å². The molecule has 154 valence electrons. The van der Waals surface area contributed by atoms with E-state index in [-0.39, 0.29) is 11.8 Å². The third-order valence-electron chi connectivity index (χ3n) is 4.46. The molecule has 0 bridgehead atoms. The van der Waals surface area contributed by atoms with Gasteiger partial charge in [0.05, 0.1) is 0 Å². The molecule has 1 fully saturated rings. The number of carbonyl (C=O) groups excluding carboxylic acids is 3. The Labute approximate surface area is 167 Å². The molecule has 0 spiro atoms. The number of ether oxygens (including phenoxy) is 1. The molecule has 0 aliphatic carbocycles.